The van der Waals surface area contributed by atoms with E-state index in [9.17, 15) is 4.79 Å². The summed E-state index contributed by atoms with van der Waals surface area (Å²) in [5, 5.41) is 9.27. The first kappa shape index (κ1) is 18.7. The Hall–Kier alpha value is -2.70. The van der Waals surface area contributed by atoms with Gasteiger partial charge in [-0.05, 0) is 30.2 Å². The molecule has 146 valence electrons. The SMILES string of the molecule is Cc1cc(NC(=O)C(C)N2CCN(Cc3cccc4ccccc34)CC2)no1. The number of nitrogens with one attached hydrogen (secondary N) is 1. The number of nitrogens with zero attached hydrogens (tertiary/aromatic N) is 3. The Kier molecular flexibility index (Phi) is 5.41. The molecule has 0 spiro atoms. The third-order valence-corrected chi connectivity index (χ3v) is 5.49. The second-order valence-electron chi connectivity index (χ2n) is 7.44. The molecule has 6 nitrogen and oxygen atoms in total. The zero-order valence-electron chi connectivity index (χ0n) is 16.4. The molecule has 4 rings (SSSR count). The number of fused-ring (bicyclic) bond motifs is 1. The molecule has 0 bridgehead atoms. The summed E-state index contributed by atoms with van der Waals surface area (Å²) in [4.78, 5) is 17.2. The Balaban J connectivity index is 1.33. The molecule has 1 fully saturated rings. The molecule has 1 aliphatic rings. The molecular weight excluding hydrogens is 352 g/mol. The van der Waals surface area contributed by atoms with Gasteiger partial charge in [0.05, 0.1) is 6.04 Å². The molecule has 1 amide bonds. The molecular formula is C22H26N4O2. The molecule has 6 heteroatoms. The minimum atomic E-state index is -0.197. The van der Waals surface area contributed by atoms with E-state index in [4.69, 9.17) is 4.52 Å². The van der Waals surface area contributed by atoms with Crippen molar-refractivity contribution < 1.29 is 9.32 Å². The maximum Gasteiger partial charge on any atom is 0.242 e. The van der Waals surface area contributed by atoms with Crippen LogP contribution >= 0.6 is 0 Å². The molecule has 1 atom stereocenters. The Labute approximate surface area is 165 Å². The summed E-state index contributed by atoms with van der Waals surface area (Å²) in [7, 11) is 0. The van der Waals surface area contributed by atoms with Crippen molar-refractivity contribution in [2.75, 3.05) is 31.5 Å². The van der Waals surface area contributed by atoms with Crippen molar-refractivity contribution in [2.45, 2.75) is 26.4 Å². The largest absolute Gasteiger partial charge is 0.360 e. The van der Waals surface area contributed by atoms with Crippen LogP contribution in [0.1, 0.15) is 18.2 Å². The van der Waals surface area contributed by atoms with Crippen molar-refractivity contribution in [1.29, 1.82) is 0 Å². The van der Waals surface area contributed by atoms with Crippen molar-refractivity contribution >= 4 is 22.5 Å². The van der Waals surface area contributed by atoms with Gasteiger partial charge in [-0.15, -0.1) is 0 Å². The quantitative estimate of drug-likeness (QED) is 0.738. The average Bonchev–Trinajstić information content (AvgIpc) is 3.13. The van der Waals surface area contributed by atoms with Crippen molar-refractivity contribution in [3.63, 3.8) is 0 Å². The van der Waals surface area contributed by atoms with Crippen molar-refractivity contribution in [1.82, 2.24) is 15.0 Å². The highest BCUT2D eigenvalue weighted by Gasteiger charge is 2.26. The average molecular weight is 378 g/mol. The van der Waals surface area contributed by atoms with E-state index in [-0.39, 0.29) is 11.9 Å². The van der Waals surface area contributed by atoms with Crippen molar-refractivity contribution in [2.24, 2.45) is 0 Å². The number of rotatable bonds is 5. The Bertz CT molecular complexity index is 955. The lowest BCUT2D eigenvalue weighted by atomic mass is 10.0. The second-order valence-corrected chi connectivity index (χ2v) is 7.44. The lowest BCUT2D eigenvalue weighted by molar-refractivity contribution is -0.121. The number of anilines is 1. The van der Waals surface area contributed by atoms with Crippen molar-refractivity contribution in [3.8, 4) is 0 Å². The number of aromatic nitrogens is 1. The monoisotopic (exact) mass is 378 g/mol. The molecule has 1 N–H and O–H groups in total. The van der Waals surface area contributed by atoms with Crippen LogP contribution in [0.4, 0.5) is 5.82 Å². The van der Waals surface area contributed by atoms with Gasteiger partial charge in [-0.2, -0.15) is 0 Å². The third-order valence-electron chi connectivity index (χ3n) is 5.49. The van der Waals surface area contributed by atoms with Gasteiger partial charge in [-0.25, -0.2) is 0 Å². The second kappa shape index (κ2) is 8.12. The first-order chi connectivity index (χ1) is 13.6. The zero-order chi connectivity index (χ0) is 19.5. The van der Waals surface area contributed by atoms with Gasteiger partial charge in [-0.1, -0.05) is 47.6 Å². The lowest BCUT2D eigenvalue weighted by Gasteiger charge is -2.37. The fourth-order valence-corrected chi connectivity index (χ4v) is 3.80. The van der Waals surface area contributed by atoms with E-state index in [1.54, 1.807) is 13.0 Å². The van der Waals surface area contributed by atoms with Gasteiger partial charge in [0.25, 0.3) is 0 Å². The highest BCUT2D eigenvalue weighted by molar-refractivity contribution is 5.93. The molecule has 2 aromatic carbocycles. The van der Waals surface area contributed by atoms with Crippen LogP contribution in [0.3, 0.4) is 0 Å². The number of aryl methyl sites for hydroxylation is 1. The molecule has 0 radical (unpaired) electrons. The minimum absolute atomic E-state index is 0.0456. The molecule has 1 unspecified atom stereocenters. The molecule has 0 aliphatic carbocycles. The summed E-state index contributed by atoms with van der Waals surface area (Å²) in [6.45, 7) is 8.33. The summed E-state index contributed by atoms with van der Waals surface area (Å²) in [5.74, 6) is 1.12. The van der Waals surface area contributed by atoms with Gasteiger partial charge in [0.15, 0.2) is 5.82 Å². The fourth-order valence-electron chi connectivity index (χ4n) is 3.80. The normalized spacial score (nSPS) is 16.9. The van der Waals surface area contributed by atoms with Crippen LogP contribution in [0.25, 0.3) is 10.8 Å². The summed E-state index contributed by atoms with van der Waals surface area (Å²) in [6, 6.07) is 16.6. The predicted molar refractivity (Wildman–Crippen MR) is 110 cm³/mol. The van der Waals surface area contributed by atoms with E-state index >= 15 is 0 Å². The van der Waals surface area contributed by atoms with Crippen LogP contribution in [0.5, 0.6) is 0 Å². The topological polar surface area (TPSA) is 61.6 Å². The summed E-state index contributed by atoms with van der Waals surface area (Å²) < 4.78 is 5.01. The fraction of sp³-hybridized carbons (Fsp3) is 0.364. The van der Waals surface area contributed by atoms with Gasteiger partial charge >= 0.3 is 0 Å². The Morgan fingerprint density at radius 2 is 1.89 bits per heavy atom. The molecule has 3 aromatic rings. The van der Waals surface area contributed by atoms with E-state index in [1.807, 2.05) is 6.92 Å². The summed E-state index contributed by atoms with van der Waals surface area (Å²) in [6.07, 6.45) is 0. The zero-order valence-corrected chi connectivity index (χ0v) is 16.4. The summed E-state index contributed by atoms with van der Waals surface area (Å²) in [5.41, 5.74) is 1.36. The minimum Gasteiger partial charge on any atom is -0.360 e. The predicted octanol–water partition coefficient (Wildman–Crippen LogP) is 3.28. The highest BCUT2D eigenvalue weighted by atomic mass is 16.5. The van der Waals surface area contributed by atoms with E-state index in [0.29, 0.717) is 11.6 Å². The van der Waals surface area contributed by atoms with E-state index in [2.05, 4.69) is 62.7 Å². The Morgan fingerprint density at radius 1 is 1.14 bits per heavy atom. The highest BCUT2D eigenvalue weighted by Crippen LogP contribution is 2.21. The maximum absolute atomic E-state index is 12.5. The van der Waals surface area contributed by atoms with Gasteiger partial charge < -0.3 is 9.84 Å². The number of carbonyl (C=O) groups excluding carboxylic acids is 1. The van der Waals surface area contributed by atoms with Crippen LogP contribution in [-0.2, 0) is 11.3 Å². The lowest BCUT2D eigenvalue weighted by Crippen LogP contribution is -2.52. The van der Waals surface area contributed by atoms with Gasteiger partial charge in [0, 0.05) is 38.8 Å². The number of benzene rings is 2. The molecule has 2 heterocycles. The molecule has 1 saturated heterocycles. The number of piperazine rings is 1. The van der Waals surface area contributed by atoms with Crippen LogP contribution in [-0.4, -0.2) is 53.1 Å². The van der Waals surface area contributed by atoms with E-state index < -0.39 is 0 Å². The van der Waals surface area contributed by atoms with E-state index in [0.717, 1.165) is 32.7 Å². The first-order valence-electron chi connectivity index (χ1n) is 9.77. The third kappa shape index (κ3) is 4.08. The van der Waals surface area contributed by atoms with Gasteiger partial charge in [0.2, 0.25) is 5.91 Å². The molecule has 0 saturated carbocycles. The van der Waals surface area contributed by atoms with Crippen LogP contribution in [0.2, 0.25) is 0 Å². The van der Waals surface area contributed by atoms with Crippen LogP contribution in [0.15, 0.2) is 53.1 Å². The molecule has 28 heavy (non-hydrogen) atoms. The summed E-state index contributed by atoms with van der Waals surface area (Å²) >= 11 is 0. The number of amides is 1. The van der Waals surface area contributed by atoms with Gasteiger partial charge in [0.1, 0.15) is 5.76 Å². The number of hydrogen-bond donors (Lipinski definition) is 1. The van der Waals surface area contributed by atoms with Gasteiger partial charge in [-0.3, -0.25) is 14.6 Å². The maximum atomic E-state index is 12.5. The van der Waals surface area contributed by atoms with Crippen LogP contribution < -0.4 is 5.32 Å². The molecule has 1 aromatic heterocycles. The van der Waals surface area contributed by atoms with Crippen LogP contribution in [0, 0.1) is 6.92 Å². The smallest absolute Gasteiger partial charge is 0.242 e. The standard InChI is InChI=1S/C22H26N4O2/c1-16-14-21(24-28-16)23-22(27)17(2)26-12-10-25(11-13-26)15-19-8-5-7-18-6-3-4-9-20(18)19/h3-9,14,17H,10-13,15H2,1-2H3,(H,23,24,27). The van der Waals surface area contributed by atoms with E-state index in [1.165, 1.54) is 16.3 Å². The first-order valence-corrected chi connectivity index (χ1v) is 9.77. The molecule has 1 aliphatic heterocycles. The number of hydrogen-bond acceptors (Lipinski definition) is 5. The van der Waals surface area contributed by atoms with Crippen molar-refractivity contribution in [3.05, 3.63) is 59.9 Å². The Morgan fingerprint density at radius 3 is 2.64 bits per heavy atom. The number of carbonyl (C=O) groups is 1.